The summed E-state index contributed by atoms with van der Waals surface area (Å²) in [7, 11) is 0. The lowest BCUT2D eigenvalue weighted by molar-refractivity contribution is 0.320. The molecule has 15 aromatic heterocycles. The van der Waals surface area contributed by atoms with Crippen molar-refractivity contribution < 1.29 is 0 Å². The quantitative estimate of drug-likeness (QED) is 0.0720. The van der Waals surface area contributed by atoms with Crippen LogP contribution in [0.5, 0.6) is 0 Å². The van der Waals surface area contributed by atoms with Crippen molar-refractivity contribution in [3.05, 3.63) is 233 Å². The van der Waals surface area contributed by atoms with Gasteiger partial charge in [-0.15, -0.1) is 82.2 Å². The van der Waals surface area contributed by atoms with Crippen LogP contribution in [-0.4, -0.2) is 151 Å². The van der Waals surface area contributed by atoms with Crippen LogP contribution in [0.1, 0.15) is 174 Å². The van der Waals surface area contributed by atoms with Gasteiger partial charge in [0.15, 0.2) is 0 Å². The van der Waals surface area contributed by atoms with Gasteiger partial charge in [0, 0.05) is 51.3 Å². The van der Waals surface area contributed by atoms with Crippen LogP contribution < -0.4 is 0 Å². The van der Waals surface area contributed by atoms with Crippen LogP contribution in [0.3, 0.4) is 0 Å². The second kappa shape index (κ2) is 41.1. The molecule has 3 atom stereocenters. The van der Waals surface area contributed by atoms with Gasteiger partial charge >= 0.3 is 0 Å². The van der Waals surface area contributed by atoms with Gasteiger partial charge in [-0.1, -0.05) is 145 Å². The number of rotatable bonds is 18. The second-order valence-corrected chi connectivity index (χ2v) is 45.9. The standard InChI is InChI=1S/C21H22N6S2.2C20H20N6S2.C19H18N6S2.C18H16N6S2/c1-3-7-14-10-11-16-17(12-14)28-19-18(16)20(23-13(2)22-19)29-21-24-25-26-27(21)15-8-5-4-6-9-15;1-12-21-17-16(14-9-10-20(2,3)11-15(14)27-17)18(22-12)28-19-23-24-25-26(19)13-7-5-4-6-8-13;1-3-13-9-10-15-16(11-13)27-18-17(15)19(22-12(2)21-18)28-20-23-24-25-26(20)14-7-5-4-6-8-14;1-11-8-9-14-15(10-11)26-17-16(14)18(21-12(2)20-17)27-19-22-23-24-25(19)13-6-4-3-5-7-13;1-11-19-16-15(13-9-5-6-10-14(13)25-16)17(20-11)26-18-21-22-23-24(18)12-7-3-2-4-8-12/h4-6,8-9,14H,3,7,10-12H2,1-2H3;4-8H,9-11H2,1-3H3;4-8,13H,3,9-11H2,1-2H3;3-7,11H,8-10H2,1-2H3;2-4,7-8H,5-6,9-10H2,1H3. The van der Waals surface area contributed by atoms with Crippen LogP contribution in [0, 0.1) is 57.8 Å². The molecule has 40 heteroatoms. The SMILES string of the molecule is CCC1CCc2c(sc3nc(C)nc(Sc4nnnn4-c4ccccc4)c23)C1.CCCC1CCc2c(sc3nc(C)nc(Sc4nnnn4-c4ccccc4)c23)C1.Cc1nc(Sc2nnnn2-c2ccccc2)c2c3c(sc2n1)CC(C)(C)CC3.Cc1nc(Sc2nnnn2-c2ccccc2)c2c3c(sc2n1)CC(C)CC3.Cc1nc(Sc2nnnn2-c2ccccc2)c2c3c(sc2n1)CCCC3. The van der Waals surface area contributed by atoms with Gasteiger partial charge in [0.25, 0.3) is 0 Å². The molecule has 5 aliphatic carbocycles. The maximum atomic E-state index is 4.80. The molecule has 3 unspecified atom stereocenters. The number of hydrogen-bond donors (Lipinski definition) is 0. The van der Waals surface area contributed by atoms with E-state index >= 15 is 0 Å². The summed E-state index contributed by atoms with van der Waals surface area (Å²) in [5.41, 5.74) is 12.2. The maximum Gasteiger partial charge on any atom is 0.220 e. The Morgan fingerprint density at radius 3 is 0.935 bits per heavy atom. The Hall–Kier alpha value is -11.6. The van der Waals surface area contributed by atoms with E-state index < -0.39 is 0 Å². The Bertz CT molecular complexity index is 7760. The Kier molecular flexibility index (Phi) is 27.6. The zero-order valence-electron chi connectivity index (χ0n) is 77.6. The molecule has 0 spiro atoms. The molecule has 0 bridgehead atoms. The summed E-state index contributed by atoms with van der Waals surface area (Å²) in [6.07, 6.45) is 22.5. The lowest BCUT2D eigenvalue weighted by Gasteiger charge is -2.29. The third kappa shape index (κ3) is 19.9. The first-order valence-corrected chi connectivity index (χ1v) is 54.6. The molecule has 698 valence electrons. The van der Waals surface area contributed by atoms with E-state index in [2.05, 4.69) is 117 Å². The van der Waals surface area contributed by atoms with Crippen molar-refractivity contribution in [2.24, 2.45) is 23.2 Å². The van der Waals surface area contributed by atoms with Crippen molar-refractivity contribution in [2.75, 3.05) is 0 Å². The van der Waals surface area contributed by atoms with Gasteiger partial charge in [-0.05, 0) is 360 Å². The maximum absolute atomic E-state index is 4.80. The number of aryl methyl sites for hydroxylation is 11. The van der Waals surface area contributed by atoms with Crippen molar-refractivity contribution in [1.29, 1.82) is 0 Å². The average Bonchev–Trinajstić information content (AvgIpc) is 1.60. The first kappa shape index (κ1) is 92.7. The largest absolute Gasteiger partial charge is 0.226 e. The molecule has 20 aromatic rings. The summed E-state index contributed by atoms with van der Waals surface area (Å²) in [6.45, 7) is 21.4. The van der Waals surface area contributed by atoms with E-state index in [1.54, 1.807) is 23.4 Å². The van der Waals surface area contributed by atoms with E-state index in [0.717, 1.165) is 188 Å². The van der Waals surface area contributed by atoms with Crippen LogP contribution in [0.2, 0.25) is 0 Å². The number of para-hydroxylation sites is 5. The third-order valence-electron chi connectivity index (χ3n) is 25.2. The Labute approximate surface area is 837 Å². The molecule has 15 heterocycles. The average molecular weight is 2010 g/mol. The Balaban J connectivity index is 0.000000103. The summed E-state index contributed by atoms with van der Waals surface area (Å²) in [5.74, 6) is 6.27. The molecule has 0 amide bonds. The minimum absolute atomic E-state index is 0.348. The van der Waals surface area contributed by atoms with Gasteiger partial charge < -0.3 is 0 Å². The Morgan fingerprint density at radius 1 is 0.319 bits per heavy atom. The minimum Gasteiger partial charge on any atom is -0.226 e. The van der Waals surface area contributed by atoms with Crippen LogP contribution in [-0.2, 0) is 64.2 Å². The van der Waals surface area contributed by atoms with Crippen molar-refractivity contribution >= 4 is 167 Å². The predicted molar refractivity (Wildman–Crippen MR) is 547 cm³/mol. The third-order valence-corrected chi connectivity index (χ3v) is 35.6. The van der Waals surface area contributed by atoms with E-state index in [-0.39, 0.29) is 0 Å². The van der Waals surface area contributed by atoms with Gasteiger partial charge in [0.05, 0.1) is 28.4 Å². The summed E-state index contributed by atoms with van der Waals surface area (Å²) < 4.78 is 8.81. The minimum atomic E-state index is 0.348. The molecule has 5 aliphatic rings. The number of nitrogens with zero attached hydrogens (tertiary/aromatic N) is 30. The Morgan fingerprint density at radius 2 is 0.601 bits per heavy atom. The number of hydrogen-bond acceptors (Lipinski definition) is 35. The highest BCUT2D eigenvalue weighted by atomic mass is 32.2. The summed E-state index contributed by atoms with van der Waals surface area (Å²) >= 11 is 16.8. The molecule has 0 N–H and O–H groups in total. The zero-order chi connectivity index (χ0) is 94.1. The highest BCUT2D eigenvalue weighted by molar-refractivity contribution is 8.00. The molecular weight excluding hydrogens is 1920 g/mol. The molecule has 0 fully saturated rings. The molecule has 25 rings (SSSR count). The van der Waals surface area contributed by atoms with Gasteiger partial charge in [0.1, 0.15) is 78.4 Å². The molecule has 0 saturated heterocycles. The van der Waals surface area contributed by atoms with Crippen molar-refractivity contribution in [3.63, 3.8) is 0 Å². The van der Waals surface area contributed by atoms with E-state index in [1.807, 2.05) is 243 Å². The first-order chi connectivity index (χ1) is 67.4. The van der Waals surface area contributed by atoms with Crippen LogP contribution in [0.25, 0.3) is 79.5 Å². The lowest BCUT2D eigenvalue weighted by Crippen LogP contribution is -2.20. The van der Waals surface area contributed by atoms with Gasteiger partial charge in [0.2, 0.25) is 25.8 Å². The number of benzene rings is 5. The molecule has 0 radical (unpaired) electrons. The van der Waals surface area contributed by atoms with Crippen molar-refractivity contribution in [3.8, 4) is 28.4 Å². The molecule has 0 aliphatic heterocycles. The normalized spacial score (nSPS) is 15.8. The van der Waals surface area contributed by atoms with Crippen LogP contribution >= 0.6 is 115 Å². The molecule has 0 saturated carbocycles. The van der Waals surface area contributed by atoms with Crippen LogP contribution in [0.4, 0.5) is 0 Å². The van der Waals surface area contributed by atoms with Gasteiger partial charge in [-0.3, -0.25) is 0 Å². The highest BCUT2D eigenvalue weighted by Crippen LogP contribution is 2.50. The van der Waals surface area contributed by atoms with E-state index in [9.17, 15) is 0 Å². The first-order valence-electron chi connectivity index (χ1n) is 46.5. The topological polar surface area (TPSA) is 347 Å². The molecule has 138 heavy (non-hydrogen) atoms. The fourth-order valence-corrected chi connectivity index (χ4v) is 30.7. The predicted octanol–water partition coefficient (Wildman–Crippen LogP) is 22.6. The summed E-state index contributed by atoms with van der Waals surface area (Å²) in [6, 6.07) is 49.7. The number of tetrazole rings is 5. The monoisotopic (exact) mass is 2010 g/mol. The highest BCUT2D eigenvalue weighted by Gasteiger charge is 2.34. The van der Waals surface area contributed by atoms with Crippen LogP contribution in [0.15, 0.2) is 203 Å². The van der Waals surface area contributed by atoms with Gasteiger partial charge in [-0.2, -0.15) is 23.4 Å². The fraction of sp³-hybridized carbons (Fsp3) is 0.337. The number of aromatic nitrogens is 30. The van der Waals surface area contributed by atoms with E-state index in [4.69, 9.17) is 44.9 Å². The number of fused-ring (bicyclic) bond motifs is 15. The lowest BCUT2D eigenvalue weighted by atomic mass is 9.77. The molecule has 30 nitrogen and oxygen atoms in total. The molecule has 5 aromatic carbocycles. The van der Waals surface area contributed by atoms with E-state index in [1.165, 1.54) is 202 Å². The fourth-order valence-electron chi connectivity index (χ4n) is 18.5. The van der Waals surface area contributed by atoms with Crippen molar-refractivity contribution in [2.45, 2.75) is 242 Å². The van der Waals surface area contributed by atoms with Crippen molar-refractivity contribution in [1.82, 2.24) is 151 Å². The van der Waals surface area contributed by atoms with Gasteiger partial charge in [-0.25, -0.2) is 49.8 Å². The zero-order valence-corrected chi connectivity index (χ0v) is 85.8. The summed E-state index contributed by atoms with van der Waals surface area (Å²) in [5, 5.41) is 75.9. The van der Waals surface area contributed by atoms with E-state index in [0.29, 0.717) is 26.0 Å². The smallest absolute Gasteiger partial charge is 0.220 e. The summed E-state index contributed by atoms with van der Waals surface area (Å²) in [4.78, 5) is 60.3. The second-order valence-electron chi connectivity index (χ2n) is 35.7. The number of thiophene rings is 5. The molecular formula is C98H96N30S10.